The lowest BCUT2D eigenvalue weighted by molar-refractivity contribution is -0.141. The van der Waals surface area contributed by atoms with Crippen molar-refractivity contribution in [3.8, 4) is 11.3 Å². The monoisotopic (exact) mass is 462 g/mol. The number of carboxylic acid groups (broad SMARTS) is 1. The summed E-state index contributed by atoms with van der Waals surface area (Å²) in [5.74, 6) is -0.620. The zero-order valence-corrected chi connectivity index (χ0v) is 20.4. The molecule has 0 saturated heterocycles. The van der Waals surface area contributed by atoms with E-state index >= 15 is 0 Å². The molecule has 1 fully saturated rings. The van der Waals surface area contributed by atoms with E-state index in [9.17, 15) is 9.90 Å². The Hall–Kier alpha value is -2.66. The van der Waals surface area contributed by atoms with E-state index in [-0.39, 0.29) is 0 Å². The highest BCUT2D eigenvalue weighted by molar-refractivity contribution is 7.14. The topological polar surface area (TPSA) is 53.4 Å². The number of aromatic nitrogens is 1. The molecular weight excluding hydrogens is 428 g/mol. The number of hydrogen-bond acceptors (Lipinski definition) is 4. The highest BCUT2D eigenvalue weighted by Crippen LogP contribution is 2.34. The van der Waals surface area contributed by atoms with E-state index in [1.54, 1.807) is 11.3 Å². The minimum Gasteiger partial charge on any atom is -0.481 e. The average molecular weight is 463 g/mol. The van der Waals surface area contributed by atoms with Gasteiger partial charge in [-0.2, -0.15) is 0 Å². The van der Waals surface area contributed by atoms with Crippen molar-refractivity contribution in [1.29, 1.82) is 0 Å². The van der Waals surface area contributed by atoms with Gasteiger partial charge in [-0.05, 0) is 42.7 Å². The van der Waals surface area contributed by atoms with Gasteiger partial charge in [-0.3, -0.25) is 4.79 Å². The number of nitrogens with zero attached hydrogens (tertiary/aromatic N) is 2. The summed E-state index contributed by atoms with van der Waals surface area (Å²) in [6.45, 7) is 4.92. The lowest BCUT2D eigenvalue weighted by Crippen LogP contribution is -2.39. The molecule has 0 radical (unpaired) electrons. The molecule has 174 valence electrons. The molecule has 33 heavy (non-hydrogen) atoms. The Morgan fingerprint density at radius 1 is 1.09 bits per heavy atom. The molecule has 0 spiro atoms. The lowest BCUT2D eigenvalue weighted by atomic mass is 9.98. The molecule has 1 saturated carbocycles. The van der Waals surface area contributed by atoms with Crippen LogP contribution in [0.3, 0.4) is 0 Å². The Labute approximate surface area is 201 Å². The molecule has 1 aliphatic rings. The summed E-state index contributed by atoms with van der Waals surface area (Å²) in [7, 11) is 0. The van der Waals surface area contributed by atoms with Crippen LogP contribution in [0.5, 0.6) is 0 Å². The summed E-state index contributed by atoms with van der Waals surface area (Å²) >= 11 is 1.64. The third-order valence-electron chi connectivity index (χ3n) is 6.77. The van der Waals surface area contributed by atoms with E-state index in [1.807, 2.05) is 18.2 Å². The van der Waals surface area contributed by atoms with Crippen LogP contribution in [-0.2, 0) is 11.2 Å². The van der Waals surface area contributed by atoms with Gasteiger partial charge in [0.25, 0.3) is 0 Å². The van der Waals surface area contributed by atoms with E-state index in [0.717, 1.165) is 35.7 Å². The predicted octanol–water partition coefficient (Wildman–Crippen LogP) is 7.02. The Morgan fingerprint density at radius 2 is 1.79 bits per heavy atom. The smallest absolute Gasteiger partial charge is 0.308 e. The second-order valence-electron chi connectivity index (χ2n) is 9.44. The minimum atomic E-state index is -0.713. The zero-order chi connectivity index (χ0) is 23.2. The molecule has 1 aromatic heterocycles. The summed E-state index contributed by atoms with van der Waals surface area (Å²) in [5.41, 5.74) is 4.61. The number of hydrogen-bond donors (Lipinski definition) is 1. The predicted molar refractivity (Wildman–Crippen MR) is 137 cm³/mol. The molecule has 4 rings (SSSR count). The van der Waals surface area contributed by atoms with Crippen molar-refractivity contribution in [3.05, 3.63) is 71.1 Å². The van der Waals surface area contributed by atoms with Crippen molar-refractivity contribution < 1.29 is 9.90 Å². The van der Waals surface area contributed by atoms with Crippen molar-refractivity contribution in [3.63, 3.8) is 0 Å². The fraction of sp³-hybridized carbons (Fsp3) is 0.429. The van der Waals surface area contributed by atoms with Crippen molar-refractivity contribution in [2.45, 2.75) is 64.3 Å². The largest absolute Gasteiger partial charge is 0.481 e. The molecule has 1 aliphatic carbocycles. The Morgan fingerprint density at radius 3 is 2.42 bits per heavy atom. The van der Waals surface area contributed by atoms with Gasteiger partial charge in [0, 0.05) is 23.5 Å². The van der Waals surface area contributed by atoms with Gasteiger partial charge in [-0.25, -0.2) is 4.98 Å². The summed E-state index contributed by atoms with van der Waals surface area (Å²) in [5, 5.41) is 13.1. The molecule has 0 aliphatic heterocycles. The Balaban J connectivity index is 1.52. The molecule has 1 unspecified atom stereocenters. The van der Waals surface area contributed by atoms with Crippen molar-refractivity contribution in [1.82, 2.24) is 4.98 Å². The summed E-state index contributed by atoms with van der Waals surface area (Å²) in [6, 6.07) is 19.2. The second kappa shape index (κ2) is 11.0. The molecule has 0 bridgehead atoms. The first kappa shape index (κ1) is 23.5. The third-order valence-corrected chi connectivity index (χ3v) is 7.64. The SMILES string of the molecule is CC(C)c1ccc(-c2csc(N(CC(CCc3ccccc3)C(=O)O)C3CCCC3)n2)cc1. The van der Waals surface area contributed by atoms with E-state index in [2.05, 4.69) is 60.5 Å². The summed E-state index contributed by atoms with van der Waals surface area (Å²) < 4.78 is 0. The molecule has 1 atom stereocenters. The van der Waals surface area contributed by atoms with Crippen molar-refractivity contribution in [2.75, 3.05) is 11.4 Å². The van der Waals surface area contributed by atoms with Gasteiger partial charge in [0.2, 0.25) is 0 Å². The van der Waals surface area contributed by atoms with Crippen LogP contribution < -0.4 is 4.90 Å². The van der Waals surface area contributed by atoms with Crippen LogP contribution in [0.25, 0.3) is 11.3 Å². The average Bonchev–Trinajstić information content (AvgIpc) is 3.53. The van der Waals surface area contributed by atoms with E-state index in [0.29, 0.717) is 24.9 Å². The molecule has 0 amide bonds. The van der Waals surface area contributed by atoms with E-state index < -0.39 is 11.9 Å². The first-order chi connectivity index (χ1) is 16.0. The standard InChI is InChI=1S/C28H34N2O2S/c1-20(2)22-14-16-23(17-15-22)26-19-33-28(29-26)30(25-10-6-7-11-25)18-24(27(31)32)13-12-21-8-4-3-5-9-21/h3-5,8-9,14-17,19-20,24-25H,6-7,10-13,18H2,1-2H3,(H,31,32). The van der Waals surface area contributed by atoms with Crippen LogP contribution in [0.1, 0.15) is 63.0 Å². The number of aliphatic carboxylic acids is 1. The quantitative estimate of drug-likeness (QED) is 0.352. The van der Waals surface area contributed by atoms with Crippen LogP contribution in [0, 0.1) is 5.92 Å². The maximum absolute atomic E-state index is 12.2. The lowest BCUT2D eigenvalue weighted by Gasteiger charge is -2.31. The number of thiazole rings is 1. The normalized spacial score (nSPS) is 15.1. The molecule has 1 heterocycles. The summed E-state index contributed by atoms with van der Waals surface area (Å²) in [6.07, 6.45) is 6.06. The van der Waals surface area contributed by atoms with Gasteiger partial charge in [-0.1, -0.05) is 81.3 Å². The zero-order valence-electron chi connectivity index (χ0n) is 19.6. The Kier molecular flexibility index (Phi) is 7.81. The maximum atomic E-state index is 12.2. The number of aryl methyl sites for hydroxylation is 1. The molecule has 4 nitrogen and oxygen atoms in total. The molecular formula is C28H34N2O2S. The highest BCUT2D eigenvalue weighted by atomic mass is 32.1. The fourth-order valence-electron chi connectivity index (χ4n) is 4.68. The van der Waals surface area contributed by atoms with Gasteiger partial charge in [0.05, 0.1) is 11.6 Å². The first-order valence-electron chi connectivity index (χ1n) is 12.1. The number of carbonyl (C=O) groups is 1. The van der Waals surface area contributed by atoms with Gasteiger partial charge in [0.15, 0.2) is 5.13 Å². The van der Waals surface area contributed by atoms with E-state index in [4.69, 9.17) is 4.98 Å². The number of benzene rings is 2. The second-order valence-corrected chi connectivity index (χ2v) is 10.3. The third kappa shape index (κ3) is 6.02. The molecule has 3 aromatic rings. The van der Waals surface area contributed by atoms with Crippen LogP contribution >= 0.6 is 11.3 Å². The van der Waals surface area contributed by atoms with Gasteiger partial charge < -0.3 is 10.0 Å². The molecule has 2 aromatic carbocycles. The highest BCUT2D eigenvalue weighted by Gasteiger charge is 2.30. The first-order valence-corrected chi connectivity index (χ1v) is 13.0. The maximum Gasteiger partial charge on any atom is 0.308 e. The van der Waals surface area contributed by atoms with Crippen LogP contribution in [0.4, 0.5) is 5.13 Å². The molecule has 5 heteroatoms. The van der Waals surface area contributed by atoms with Gasteiger partial charge >= 0.3 is 5.97 Å². The number of rotatable bonds is 10. The summed E-state index contributed by atoms with van der Waals surface area (Å²) in [4.78, 5) is 19.5. The van der Waals surface area contributed by atoms with E-state index in [1.165, 1.54) is 24.0 Å². The fourth-order valence-corrected chi connectivity index (χ4v) is 5.60. The van der Waals surface area contributed by atoms with Crippen molar-refractivity contribution >= 4 is 22.4 Å². The van der Waals surface area contributed by atoms with Crippen LogP contribution in [0.2, 0.25) is 0 Å². The number of anilines is 1. The van der Waals surface area contributed by atoms with Crippen molar-refractivity contribution in [2.24, 2.45) is 5.92 Å². The molecule has 1 N–H and O–H groups in total. The number of carboxylic acids is 1. The van der Waals surface area contributed by atoms with Gasteiger partial charge in [0.1, 0.15) is 0 Å². The Bertz CT molecular complexity index is 1020. The van der Waals surface area contributed by atoms with Crippen LogP contribution in [-0.4, -0.2) is 28.6 Å². The minimum absolute atomic E-state index is 0.380. The van der Waals surface area contributed by atoms with Gasteiger partial charge in [-0.15, -0.1) is 11.3 Å². The van der Waals surface area contributed by atoms with Crippen LogP contribution in [0.15, 0.2) is 60.0 Å².